The average molecular weight is 382 g/mol. The number of rotatable bonds is 8. The molecule has 1 aromatic heterocycles. The highest BCUT2D eigenvalue weighted by Gasteiger charge is 2.14. The predicted octanol–water partition coefficient (Wildman–Crippen LogP) is 3.23. The molecule has 1 heterocycles. The molecule has 0 saturated carbocycles. The van der Waals surface area contributed by atoms with E-state index < -0.39 is 0 Å². The zero-order valence-corrected chi connectivity index (χ0v) is 16.0. The van der Waals surface area contributed by atoms with Crippen molar-refractivity contribution in [2.24, 2.45) is 0 Å². The molecule has 28 heavy (non-hydrogen) atoms. The van der Waals surface area contributed by atoms with Crippen molar-refractivity contribution < 1.29 is 23.4 Å². The Labute approximate surface area is 163 Å². The highest BCUT2D eigenvalue weighted by atomic mass is 16.5. The Kier molecular flexibility index (Phi) is 6.16. The number of aromatic nitrogens is 1. The van der Waals surface area contributed by atoms with Gasteiger partial charge >= 0.3 is 0 Å². The number of nitrogens with one attached hydrogen (secondary N) is 1. The second-order valence-electron chi connectivity index (χ2n) is 6.00. The van der Waals surface area contributed by atoms with Gasteiger partial charge in [0.1, 0.15) is 6.26 Å². The Hall–Kier alpha value is -3.48. The monoisotopic (exact) mass is 382 g/mol. The summed E-state index contributed by atoms with van der Waals surface area (Å²) >= 11 is 0. The van der Waals surface area contributed by atoms with Crippen LogP contribution in [-0.4, -0.2) is 32.2 Å². The summed E-state index contributed by atoms with van der Waals surface area (Å²) in [7, 11) is 4.65. The Morgan fingerprint density at radius 1 is 1.04 bits per heavy atom. The van der Waals surface area contributed by atoms with Crippen molar-refractivity contribution in [1.82, 2.24) is 10.3 Å². The van der Waals surface area contributed by atoms with Gasteiger partial charge in [0, 0.05) is 12.1 Å². The summed E-state index contributed by atoms with van der Waals surface area (Å²) in [5.74, 6) is 1.91. The smallest absolute Gasteiger partial charge is 0.226 e. The molecule has 0 aliphatic heterocycles. The SMILES string of the molecule is COc1cc(CNC(=O)Cc2coc(-c3ccccc3)n2)cc(OC)c1OC. The number of amides is 1. The normalized spacial score (nSPS) is 10.4. The molecule has 0 bridgehead atoms. The summed E-state index contributed by atoms with van der Waals surface area (Å²) in [6.45, 7) is 0.318. The van der Waals surface area contributed by atoms with Crippen molar-refractivity contribution >= 4 is 5.91 Å². The number of benzene rings is 2. The Morgan fingerprint density at radius 2 is 1.71 bits per heavy atom. The second-order valence-corrected chi connectivity index (χ2v) is 6.00. The summed E-state index contributed by atoms with van der Waals surface area (Å²) in [5, 5.41) is 2.86. The van der Waals surface area contributed by atoms with E-state index in [1.807, 2.05) is 30.3 Å². The van der Waals surface area contributed by atoms with Gasteiger partial charge in [-0.15, -0.1) is 0 Å². The van der Waals surface area contributed by atoms with Gasteiger partial charge < -0.3 is 23.9 Å². The maximum Gasteiger partial charge on any atom is 0.226 e. The molecule has 0 radical (unpaired) electrons. The van der Waals surface area contributed by atoms with E-state index in [1.54, 1.807) is 33.5 Å². The van der Waals surface area contributed by atoms with Crippen LogP contribution in [0, 0.1) is 0 Å². The molecule has 3 rings (SSSR count). The molecular formula is C21H22N2O5. The minimum Gasteiger partial charge on any atom is -0.493 e. The number of nitrogens with zero attached hydrogens (tertiary/aromatic N) is 1. The van der Waals surface area contributed by atoms with Gasteiger partial charge in [-0.2, -0.15) is 0 Å². The number of hydrogen-bond donors (Lipinski definition) is 1. The van der Waals surface area contributed by atoms with Gasteiger partial charge in [-0.25, -0.2) is 4.98 Å². The lowest BCUT2D eigenvalue weighted by Crippen LogP contribution is -2.24. The molecule has 1 N–H and O–H groups in total. The standard InChI is InChI=1S/C21H22N2O5/c1-25-17-9-14(10-18(26-2)20(17)27-3)12-22-19(24)11-16-13-28-21(23-16)15-7-5-4-6-8-15/h4-10,13H,11-12H2,1-3H3,(H,22,24). The van der Waals surface area contributed by atoms with Crippen LogP contribution in [0.4, 0.5) is 0 Å². The molecule has 146 valence electrons. The van der Waals surface area contributed by atoms with Crippen LogP contribution >= 0.6 is 0 Å². The van der Waals surface area contributed by atoms with E-state index in [-0.39, 0.29) is 12.3 Å². The van der Waals surface area contributed by atoms with Crippen LogP contribution in [0.2, 0.25) is 0 Å². The Bertz CT molecular complexity index is 912. The van der Waals surface area contributed by atoms with Gasteiger partial charge in [-0.1, -0.05) is 18.2 Å². The predicted molar refractivity (Wildman–Crippen MR) is 104 cm³/mol. The molecule has 7 heteroatoms. The van der Waals surface area contributed by atoms with E-state index in [2.05, 4.69) is 10.3 Å². The first kappa shape index (κ1) is 19.3. The minimum absolute atomic E-state index is 0.126. The third-order valence-corrected chi connectivity index (χ3v) is 4.13. The van der Waals surface area contributed by atoms with Crippen molar-refractivity contribution in [3.8, 4) is 28.7 Å². The van der Waals surface area contributed by atoms with Gasteiger partial charge in [0.15, 0.2) is 11.5 Å². The minimum atomic E-state index is -0.165. The van der Waals surface area contributed by atoms with Crippen molar-refractivity contribution in [1.29, 1.82) is 0 Å². The lowest BCUT2D eigenvalue weighted by Gasteiger charge is -2.14. The number of carbonyl (C=O) groups excluding carboxylic acids is 1. The van der Waals surface area contributed by atoms with Crippen molar-refractivity contribution in [2.45, 2.75) is 13.0 Å². The Balaban J connectivity index is 1.63. The zero-order valence-electron chi connectivity index (χ0n) is 16.0. The van der Waals surface area contributed by atoms with Crippen LogP contribution in [0.3, 0.4) is 0 Å². The lowest BCUT2D eigenvalue weighted by molar-refractivity contribution is -0.120. The van der Waals surface area contributed by atoms with Gasteiger partial charge in [0.2, 0.25) is 17.5 Å². The summed E-state index contributed by atoms with van der Waals surface area (Å²) in [6.07, 6.45) is 1.63. The molecule has 0 saturated heterocycles. The number of methoxy groups -OCH3 is 3. The largest absolute Gasteiger partial charge is 0.493 e. The molecule has 2 aromatic carbocycles. The number of hydrogen-bond acceptors (Lipinski definition) is 6. The van der Waals surface area contributed by atoms with E-state index in [9.17, 15) is 4.79 Å². The van der Waals surface area contributed by atoms with E-state index in [4.69, 9.17) is 18.6 Å². The highest BCUT2D eigenvalue weighted by Crippen LogP contribution is 2.38. The fourth-order valence-electron chi connectivity index (χ4n) is 2.77. The van der Waals surface area contributed by atoms with Gasteiger partial charge in [-0.3, -0.25) is 4.79 Å². The fraction of sp³-hybridized carbons (Fsp3) is 0.238. The van der Waals surface area contributed by atoms with Crippen LogP contribution in [0.25, 0.3) is 11.5 Å². The first-order valence-corrected chi connectivity index (χ1v) is 8.70. The first-order chi connectivity index (χ1) is 13.6. The number of oxazole rings is 1. The van der Waals surface area contributed by atoms with Crippen molar-refractivity contribution in [3.63, 3.8) is 0 Å². The summed E-state index contributed by atoms with van der Waals surface area (Å²) in [6, 6.07) is 13.1. The quantitative estimate of drug-likeness (QED) is 0.644. The topological polar surface area (TPSA) is 82.8 Å². The van der Waals surface area contributed by atoms with Crippen LogP contribution in [0.1, 0.15) is 11.3 Å². The lowest BCUT2D eigenvalue weighted by atomic mass is 10.1. The average Bonchev–Trinajstić information content (AvgIpc) is 3.20. The fourth-order valence-corrected chi connectivity index (χ4v) is 2.77. The third kappa shape index (κ3) is 4.43. The number of ether oxygens (including phenoxy) is 3. The third-order valence-electron chi connectivity index (χ3n) is 4.13. The van der Waals surface area contributed by atoms with Gasteiger partial charge in [-0.05, 0) is 29.8 Å². The molecule has 0 spiro atoms. The summed E-state index contributed by atoms with van der Waals surface area (Å²) in [5.41, 5.74) is 2.26. The zero-order chi connectivity index (χ0) is 19.9. The first-order valence-electron chi connectivity index (χ1n) is 8.70. The molecule has 0 aliphatic rings. The second kappa shape index (κ2) is 8.94. The van der Waals surface area contributed by atoms with Gasteiger partial charge in [0.25, 0.3) is 0 Å². The Morgan fingerprint density at radius 3 is 2.32 bits per heavy atom. The van der Waals surface area contributed by atoms with E-state index in [0.29, 0.717) is 35.4 Å². The van der Waals surface area contributed by atoms with E-state index in [0.717, 1.165) is 11.1 Å². The molecule has 0 fully saturated rings. The number of carbonyl (C=O) groups is 1. The molecule has 1 amide bonds. The summed E-state index contributed by atoms with van der Waals surface area (Å²) < 4.78 is 21.4. The summed E-state index contributed by atoms with van der Waals surface area (Å²) in [4.78, 5) is 16.7. The van der Waals surface area contributed by atoms with E-state index >= 15 is 0 Å². The van der Waals surface area contributed by atoms with Gasteiger partial charge in [0.05, 0.1) is 33.4 Å². The van der Waals surface area contributed by atoms with Crippen LogP contribution in [0.5, 0.6) is 17.2 Å². The van der Waals surface area contributed by atoms with Crippen LogP contribution in [-0.2, 0) is 17.8 Å². The van der Waals surface area contributed by atoms with E-state index in [1.165, 1.54) is 6.26 Å². The van der Waals surface area contributed by atoms with Crippen molar-refractivity contribution in [2.75, 3.05) is 21.3 Å². The molecule has 7 nitrogen and oxygen atoms in total. The molecule has 0 atom stereocenters. The molecule has 3 aromatic rings. The van der Waals surface area contributed by atoms with Crippen LogP contribution < -0.4 is 19.5 Å². The molecule has 0 aliphatic carbocycles. The highest BCUT2D eigenvalue weighted by molar-refractivity contribution is 5.78. The van der Waals surface area contributed by atoms with Crippen LogP contribution in [0.15, 0.2) is 53.1 Å². The maximum absolute atomic E-state index is 12.3. The van der Waals surface area contributed by atoms with Crippen molar-refractivity contribution in [3.05, 3.63) is 60.0 Å². The molecular weight excluding hydrogens is 360 g/mol. The molecule has 0 unspecified atom stereocenters. The maximum atomic E-state index is 12.3.